The first-order valence-electron chi connectivity index (χ1n) is 9.35. The molecule has 150 valence electrons. The van der Waals surface area contributed by atoms with E-state index in [4.69, 9.17) is 0 Å². The lowest BCUT2D eigenvalue weighted by Crippen LogP contribution is -2.43. The number of carbonyl (C=O) groups excluding carboxylic acids is 1. The number of ketones is 1. The van der Waals surface area contributed by atoms with Gasteiger partial charge in [0.05, 0.1) is 17.2 Å². The maximum Gasteiger partial charge on any atom is 0.332 e. The maximum atomic E-state index is 13.4. The Bertz CT molecular complexity index is 1410. The van der Waals surface area contributed by atoms with Gasteiger partial charge in [-0.2, -0.15) is 0 Å². The predicted octanol–water partition coefficient (Wildman–Crippen LogP) is 1.57. The number of nitrogens with zero attached hydrogens (tertiary/aromatic N) is 3. The first kappa shape index (κ1) is 18.1. The van der Waals surface area contributed by atoms with E-state index in [0.29, 0.717) is 22.4 Å². The fraction of sp³-hybridized carbons (Fsp3) is 0.182. The number of aliphatic imine (C=N–C) groups is 1. The van der Waals surface area contributed by atoms with E-state index >= 15 is 0 Å². The van der Waals surface area contributed by atoms with Gasteiger partial charge in [0.1, 0.15) is 5.82 Å². The van der Waals surface area contributed by atoms with Crippen molar-refractivity contribution in [2.24, 2.45) is 25.0 Å². The molecule has 0 unspecified atom stereocenters. The number of hydrogen-bond donors (Lipinski definition) is 2. The van der Waals surface area contributed by atoms with Gasteiger partial charge in [-0.1, -0.05) is 30.3 Å². The number of carbonyl (C=O) groups is 1. The van der Waals surface area contributed by atoms with Crippen LogP contribution in [0.2, 0.25) is 0 Å². The van der Waals surface area contributed by atoms with Crippen molar-refractivity contribution in [2.75, 3.05) is 0 Å². The molecule has 30 heavy (non-hydrogen) atoms. The van der Waals surface area contributed by atoms with Crippen LogP contribution < -0.4 is 11.2 Å². The van der Waals surface area contributed by atoms with E-state index in [1.807, 2.05) is 0 Å². The third-order valence-corrected chi connectivity index (χ3v) is 5.94. The monoisotopic (exact) mass is 403 g/mol. The van der Waals surface area contributed by atoms with E-state index in [1.54, 1.807) is 30.3 Å². The van der Waals surface area contributed by atoms with Crippen LogP contribution in [-0.4, -0.2) is 30.8 Å². The van der Waals surface area contributed by atoms with Gasteiger partial charge in [0.15, 0.2) is 17.3 Å². The molecule has 0 bridgehead atoms. The highest BCUT2D eigenvalue weighted by molar-refractivity contribution is 6.30. The zero-order chi connectivity index (χ0) is 21.3. The van der Waals surface area contributed by atoms with E-state index in [2.05, 4.69) is 4.99 Å². The molecule has 2 atom stereocenters. The number of fused-ring (bicyclic) bond motifs is 4. The Morgan fingerprint density at radius 2 is 1.57 bits per heavy atom. The minimum atomic E-state index is -0.774. The summed E-state index contributed by atoms with van der Waals surface area (Å²) < 4.78 is 2.28. The van der Waals surface area contributed by atoms with Gasteiger partial charge in [-0.05, 0) is 17.7 Å². The van der Waals surface area contributed by atoms with Gasteiger partial charge in [0.2, 0.25) is 0 Å². The zero-order valence-electron chi connectivity index (χ0n) is 16.2. The summed E-state index contributed by atoms with van der Waals surface area (Å²) in [6, 6.07) is 11.3. The molecule has 0 saturated heterocycles. The lowest BCUT2D eigenvalue weighted by Gasteiger charge is -2.30. The number of aromatic hydroxyl groups is 2. The Morgan fingerprint density at radius 3 is 2.27 bits per heavy atom. The lowest BCUT2D eigenvalue weighted by atomic mass is 9.76. The van der Waals surface area contributed by atoms with Crippen LogP contribution >= 0.6 is 0 Å². The van der Waals surface area contributed by atoms with Crippen molar-refractivity contribution in [1.29, 1.82) is 0 Å². The molecule has 2 aliphatic rings. The molecule has 1 aliphatic carbocycles. The number of hydrogen-bond acceptors (Lipinski definition) is 6. The second-order valence-corrected chi connectivity index (χ2v) is 7.55. The third kappa shape index (κ3) is 2.21. The average molecular weight is 403 g/mol. The van der Waals surface area contributed by atoms with Crippen LogP contribution in [0.25, 0.3) is 0 Å². The highest BCUT2D eigenvalue weighted by atomic mass is 16.3. The van der Waals surface area contributed by atoms with Gasteiger partial charge in [-0.3, -0.25) is 18.7 Å². The second-order valence-electron chi connectivity index (χ2n) is 7.55. The van der Waals surface area contributed by atoms with Crippen molar-refractivity contribution in [3.63, 3.8) is 0 Å². The van der Waals surface area contributed by atoms with Crippen LogP contribution in [0.4, 0.5) is 5.82 Å². The standard InChI is InChI=1S/C22H17N3O5/c1-24-20-17(21(29)25(2)22(24)30)15(10-7-8-13(26)14(27)9-10)16-18(23-20)11-5-3-4-6-12(11)19(16)28/h3-9,15-16,26-27H,1-2H3/t15-,16+/m0/s1. The molecule has 0 fully saturated rings. The summed E-state index contributed by atoms with van der Waals surface area (Å²) in [6.45, 7) is 0. The van der Waals surface area contributed by atoms with E-state index in [-0.39, 0.29) is 28.7 Å². The number of phenolic OH excluding ortho intramolecular Hbond substituents is 2. The van der Waals surface area contributed by atoms with Crippen LogP contribution in [0.3, 0.4) is 0 Å². The van der Waals surface area contributed by atoms with Gasteiger partial charge in [0, 0.05) is 31.1 Å². The first-order chi connectivity index (χ1) is 14.3. The van der Waals surface area contributed by atoms with Crippen LogP contribution in [0.5, 0.6) is 11.5 Å². The smallest absolute Gasteiger partial charge is 0.332 e. The highest BCUT2D eigenvalue weighted by Crippen LogP contribution is 2.47. The van der Waals surface area contributed by atoms with Gasteiger partial charge in [-0.25, -0.2) is 9.79 Å². The van der Waals surface area contributed by atoms with Crippen LogP contribution in [0.1, 0.15) is 33.0 Å². The summed E-state index contributed by atoms with van der Waals surface area (Å²) in [7, 11) is 2.90. The average Bonchev–Trinajstić information content (AvgIpc) is 3.03. The van der Waals surface area contributed by atoms with Crippen molar-refractivity contribution < 1.29 is 15.0 Å². The number of benzene rings is 2. The molecule has 2 N–H and O–H groups in total. The molecule has 0 saturated carbocycles. The summed E-state index contributed by atoms with van der Waals surface area (Å²) in [6.07, 6.45) is 0. The van der Waals surface area contributed by atoms with Gasteiger partial charge in [0.25, 0.3) is 5.56 Å². The summed E-state index contributed by atoms with van der Waals surface area (Å²) in [5.41, 5.74) is 1.27. The van der Waals surface area contributed by atoms with E-state index in [1.165, 1.54) is 30.8 Å². The molecule has 5 rings (SSSR count). The Hall–Kier alpha value is -3.94. The number of aromatic nitrogens is 2. The van der Waals surface area contributed by atoms with E-state index in [0.717, 1.165) is 4.57 Å². The van der Waals surface area contributed by atoms with E-state index < -0.39 is 23.1 Å². The lowest BCUT2D eigenvalue weighted by molar-refractivity contribution is 0.0953. The Kier molecular flexibility index (Phi) is 3.64. The van der Waals surface area contributed by atoms with Crippen LogP contribution in [-0.2, 0) is 14.1 Å². The highest BCUT2D eigenvalue weighted by Gasteiger charge is 2.47. The molecule has 8 heteroatoms. The minimum Gasteiger partial charge on any atom is -0.504 e. The first-order valence-corrected chi connectivity index (χ1v) is 9.35. The fourth-order valence-electron chi connectivity index (χ4n) is 4.46. The van der Waals surface area contributed by atoms with Crippen LogP contribution in [0.15, 0.2) is 57.0 Å². The number of rotatable bonds is 1. The maximum absolute atomic E-state index is 13.4. The molecule has 0 radical (unpaired) electrons. The molecular formula is C22H17N3O5. The summed E-state index contributed by atoms with van der Waals surface area (Å²) in [5, 5.41) is 19.8. The molecule has 8 nitrogen and oxygen atoms in total. The molecule has 2 aromatic carbocycles. The third-order valence-electron chi connectivity index (χ3n) is 5.94. The second kappa shape index (κ2) is 6.03. The van der Waals surface area contributed by atoms with Gasteiger partial charge in [-0.15, -0.1) is 0 Å². The van der Waals surface area contributed by atoms with Gasteiger partial charge < -0.3 is 10.2 Å². The fourth-order valence-corrected chi connectivity index (χ4v) is 4.46. The Balaban J connectivity index is 1.91. The molecule has 1 aliphatic heterocycles. The summed E-state index contributed by atoms with van der Waals surface area (Å²) >= 11 is 0. The van der Waals surface area contributed by atoms with Crippen molar-refractivity contribution in [3.8, 4) is 11.5 Å². The zero-order valence-corrected chi connectivity index (χ0v) is 16.2. The molecule has 0 spiro atoms. The molecular weight excluding hydrogens is 386 g/mol. The number of phenols is 2. The van der Waals surface area contributed by atoms with Gasteiger partial charge >= 0.3 is 5.69 Å². The molecule has 3 aromatic rings. The van der Waals surface area contributed by atoms with Crippen molar-refractivity contribution in [2.45, 2.75) is 5.92 Å². The van der Waals surface area contributed by atoms with Crippen LogP contribution in [0, 0.1) is 5.92 Å². The normalized spacial score (nSPS) is 19.1. The molecule has 2 heterocycles. The SMILES string of the molecule is Cn1c2c(c(=O)n(C)c1=O)[C@@H](c1ccc(O)c(O)c1)[C@H]1C(=O)c3ccccc3C1=N2. The number of Topliss-reactive ketones (excluding diaryl/α,β-unsaturated/α-hetero) is 1. The summed E-state index contributed by atoms with van der Waals surface area (Å²) in [5.74, 6) is -2.20. The largest absolute Gasteiger partial charge is 0.504 e. The van der Waals surface area contributed by atoms with Crippen molar-refractivity contribution in [3.05, 3.63) is 85.6 Å². The quantitative estimate of drug-likeness (QED) is 0.599. The topological polar surface area (TPSA) is 114 Å². The summed E-state index contributed by atoms with van der Waals surface area (Å²) in [4.78, 5) is 43.6. The molecule has 1 aromatic heterocycles. The van der Waals surface area contributed by atoms with E-state index in [9.17, 15) is 24.6 Å². The Labute approximate surface area is 170 Å². The predicted molar refractivity (Wildman–Crippen MR) is 109 cm³/mol. The Morgan fingerprint density at radius 1 is 0.867 bits per heavy atom. The minimum absolute atomic E-state index is 0.177. The van der Waals surface area contributed by atoms with Crippen molar-refractivity contribution in [1.82, 2.24) is 9.13 Å². The molecule has 0 amide bonds. The van der Waals surface area contributed by atoms with Crippen molar-refractivity contribution >= 4 is 17.3 Å².